The first-order chi connectivity index (χ1) is 9.28. The lowest BCUT2D eigenvalue weighted by Crippen LogP contribution is -2.30. The molecule has 1 N–H and O–H groups in total. The van der Waals surface area contributed by atoms with E-state index in [0.29, 0.717) is 0 Å². The average molecular weight is 314 g/mol. The highest BCUT2D eigenvalue weighted by Gasteiger charge is 2.16. The Morgan fingerprint density at radius 1 is 1.11 bits per heavy atom. The van der Waals surface area contributed by atoms with Gasteiger partial charge in [0.2, 0.25) is 0 Å². The van der Waals surface area contributed by atoms with Gasteiger partial charge in [0.15, 0.2) is 0 Å². The molecule has 0 amide bonds. The Morgan fingerprint density at radius 3 is 2.26 bits per heavy atom. The summed E-state index contributed by atoms with van der Waals surface area (Å²) in [6, 6.07) is 4.82. The van der Waals surface area contributed by atoms with E-state index >= 15 is 0 Å². The van der Waals surface area contributed by atoms with Gasteiger partial charge in [0.1, 0.15) is 0 Å². The standard InChI is InChI=1S/C15H23NS3/c1-17-13-8-12(7-11-5-4-6-16-10-11)9-14(18-2)15(13)19-3/h8-9,11,16H,4-7,10H2,1-3H3. The van der Waals surface area contributed by atoms with Crippen molar-refractivity contribution in [3.63, 3.8) is 0 Å². The molecular formula is C15H23NS3. The van der Waals surface area contributed by atoms with Crippen molar-refractivity contribution >= 4 is 35.3 Å². The summed E-state index contributed by atoms with van der Waals surface area (Å²) in [4.78, 5) is 4.33. The summed E-state index contributed by atoms with van der Waals surface area (Å²) in [7, 11) is 0. The van der Waals surface area contributed by atoms with Crippen molar-refractivity contribution in [2.75, 3.05) is 31.9 Å². The number of rotatable bonds is 5. The van der Waals surface area contributed by atoms with Crippen LogP contribution in [-0.4, -0.2) is 31.9 Å². The van der Waals surface area contributed by atoms with Crippen LogP contribution < -0.4 is 5.32 Å². The van der Waals surface area contributed by atoms with Gasteiger partial charge in [-0.2, -0.15) is 0 Å². The predicted octanol–water partition coefficient (Wildman–Crippen LogP) is 4.39. The van der Waals surface area contributed by atoms with Crippen molar-refractivity contribution in [3.8, 4) is 0 Å². The maximum Gasteiger partial charge on any atom is 0.0341 e. The Hall–Kier alpha value is 0.230. The van der Waals surface area contributed by atoms with Gasteiger partial charge in [-0.1, -0.05) is 0 Å². The number of thioether (sulfide) groups is 3. The highest BCUT2D eigenvalue weighted by Crippen LogP contribution is 2.37. The van der Waals surface area contributed by atoms with E-state index in [0.717, 1.165) is 5.92 Å². The third kappa shape index (κ3) is 4.10. The molecule has 1 heterocycles. The fourth-order valence-electron chi connectivity index (χ4n) is 2.68. The maximum atomic E-state index is 3.52. The first-order valence-corrected chi connectivity index (χ1v) is 10.5. The van der Waals surface area contributed by atoms with E-state index in [1.165, 1.54) is 52.6 Å². The van der Waals surface area contributed by atoms with Crippen LogP contribution in [0.15, 0.2) is 26.8 Å². The summed E-state index contributed by atoms with van der Waals surface area (Å²) in [5.74, 6) is 0.818. The summed E-state index contributed by atoms with van der Waals surface area (Å²) >= 11 is 5.62. The SMILES string of the molecule is CSc1cc(CC2CCCNC2)cc(SC)c1SC. The van der Waals surface area contributed by atoms with Gasteiger partial charge in [-0.3, -0.25) is 0 Å². The van der Waals surface area contributed by atoms with Crippen LogP contribution in [0.2, 0.25) is 0 Å². The van der Waals surface area contributed by atoms with Gasteiger partial charge in [0.05, 0.1) is 0 Å². The molecule has 1 aliphatic heterocycles. The molecule has 0 radical (unpaired) electrons. The van der Waals surface area contributed by atoms with E-state index in [1.54, 1.807) is 0 Å². The van der Waals surface area contributed by atoms with Crippen molar-refractivity contribution in [2.24, 2.45) is 5.92 Å². The molecule has 0 saturated carbocycles. The Bertz CT molecular complexity index is 389. The molecule has 1 atom stereocenters. The number of benzene rings is 1. The number of hydrogen-bond donors (Lipinski definition) is 1. The molecule has 1 fully saturated rings. The monoisotopic (exact) mass is 313 g/mol. The smallest absolute Gasteiger partial charge is 0.0341 e. The molecule has 0 aliphatic carbocycles. The van der Waals surface area contributed by atoms with Crippen LogP contribution in [-0.2, 0) is 6.42 Å². The molecule has 1 aromatic carbocycles. The van der Waals surface area contributed by atoms with Crippen LogP contribution in [0.25, 0.3) is 0 Å². The van der Waals surface area contributed by atoms with Crippen molar-refractivity contribution in [3.05, 3.63) is 17.7 Å². The van der Waals surface area contributed by atoms with Gasteiger partial charge in [-0.05, 0) is 74.7 Å². The molecular weight excluding hydrogens is 290 g/mol. The van der Waals surface area contributed by atoms with Crippen LogP contribution in [0, 0.1) is 5.92 Å². The van der Waals surface area contributed by atoms with E-state index in [9.17, 15) is 0 Å². The summed E-state index contributed by atoms with van der Waals surface area (Å²) in [6.45, 7) is 2.39. The van der Waals surface area contributed by atoms with E-state index in [1.807, 2.05) is 35.3 Å². The molecule has 0 aromatic heterocycles. The molecule has 2 rings (SSSR count). The highest BCUT2D eigenvalue weighted by atomic mass is 32.2. The first-order valence-electron chi connectivity index (χ1n) is 6.78. The Morgan fingerprint density at radius 2 is 1.79 bits per heavy atom. The third-order valence-corrected chi connectivity index (χ3v) is 6.28. The lowest BCUT2D eigenvalue weighted by atomic mass is 9.92. The van der Waals surface area contributed by atoms with Crippen LogP contribution >= 0.6 is 35.3 Å². The van der Waals surface area contributed by atoms with Gasteiger partial charge in [-0.15, -0.1) is 35.3 Å². The van der Waals surface area contributed by atoms with Crippen LogP contribution in [0.3, 0.4) is 0 Å². The average Bonchev–Trinajstić information content (AvgIpc) is 2.47. The first kappa shape index (κ1) is 15.6. The molecule has 4 heteroatoms. The second kappa shape index (κ2) is 7.87. The minimum atomic E-state index is 0.818. The largest absolute Gasteiger partial charge is 0.316 e. The normalized spacial score (nSPS) is 19.6. The Labute approximate surface area is 130 Å². The lowest BCUT2D eigenvalue weighted by Gasteiger charge is -2.23. The number of piperidine rings is 1. The number of hydrogen-bond acceptors (Lipinski definition) is 4. The maximum absolute atomic E-state index is 3.52. The van der Waals surface area contributed by atoms with E-state index in [-0.39, 0.29) is 0 Å². The molecule has 1 aromatic rings. The number of nitrogens with one attached hydrogen (secondary N) is 1. The van der Waals surface area contributed by atoms with Crippen LogP contribution in [0.1, 0.15) is 18.4 Å². The second-order valence-electron chi connectivity index (χ2n) is 4.95. The molecule has 1 unspecified atom stereocenters. The highest BCUT2D eigenvalue weighted by molar-refractivity contribution is 8.03. The van der Waals surface area contributed by atoms with E-state index < -0.39 is 0 Å². The second-order valence-corrected chi connectivity index (χ2v) is 7.46. The lowest BCUT2D eigenvalue weighted by molar-refractivity contribution is 0.375. The minimum Gasteiger partial charge on any atom is -0.316 e. The summed E-state index contributed by atoms with van der Waals surface area (Å²) in [5, 5.41) is 3.52. The van der Waals surface area contributed by atoms with Gasteiger partial charge in [-0.25, -0.2) is 0 Å². The molecule has 0 spiro atoms. The Balaban J connectivity index is 2.20. The van der Waals surface area contributed by atoms with Crippen LogP contribution in [0.5, 0.6) is 0 Å². The molecule has 1 saturated heterocycles. The minimum absolute atomic E-state index is 0.818. The quantitative estimate of drug-likeness (QED) is 0.808. The summed E-state index contributed by atoms with van der Waals surface area (Å²) in [5.41, 5.74) is 1.51. The zero-order valence-electron chi connectivity index (χ0n) is 12.0. The zero-order chi connectivity index (χ0) is 13.7. The molecule has 0 bridgehead atoms. The summed E-state index contributed by atoms with van der Waals surface area (Å²) in [6.07, 6.45) is 10.5. The predicted molar refractivity (Wildman–Crippen MR) is 91.1 cm³/mol. The van der Waals surface area contributed by atoms with Crippen molar-refractivity contribution in [1.29, 1.82) is 0 Å². The van der Waals surface area contributed by atoms with Crippen molar-refractivity contribution in [2.45, 2.75) is 33.9 Å². The molecule has 1 nitrogen and oxygen atoms in total. The molecule has 106 valence electrons. The van der Waals surface area contributed by atoms with Gasteiger partial charge in [0, 0.05) is 14.7 Å². The molecule has 19 heavy (non-hydrogen) atoms. The third-order valence-electron chi connectivity index (χ3n) is 3.65. The zero-order valence-corrected chi connectivity index (χ0v) is 14.4. The van der Waals surface area contributed by atoms with E-state index in [2.05, 4.69) is 36.2 Å². The van der Waals surface area contributed by atoms with Crippen LogP contribution in [0.4, 0.5) is 0 Å². The summed E-state index contributed by atoms with van der Waals surface area (Å²) < 4.78 is 0. The van der Waals surface area contributed by atoms with Gasteiger partial charge >= 0.3 is 0 Å². The van der Waals surface area contributed by atoms with Gasteiger partial charge in [0.25, 0.3) is 0 Å². The Kier molecular flexibility index (Phi) is 6.46. The van der Waals surface area contributed by atoms with E-state index in [4.69, 9.17) is 0 Å². The van der Waals surface area contributed by atoms with Crippen molar-refractivity contribution in [1.82, 2.24) is 5.32 Å². The fraction of sp³-hybridized carbons (Fsp3) is 0.600. The van der Waals surface area contributed by atoms with Gasteiger partial charge < -0.3 is 5.32 Å². The molecule has 1 aliphatic rings. The topological polar surface area (TPSA) is 12.0 Å². The van der Waals surface area contributed by atoms with Crippen molar-refractivity contribution < 1.29 is 0 Å². The fourth-order valence-corrected chi connectivity index (χ4v) is 5.40.